The first-order valence-corrected chi connectivity index (χ1v) is 8.62. The topological polar surface area (TPSA) is 104 Å². The van der Waals surface area contributed by atoms with Crippen LogP contribution in [-0.2, 0) is 14.8 Å². The molecule has 1 aliphatic heterocycles. The number of hydrogen-bond donors (Lipinski definition) is 2. The van der Waals surface area contributed by atoms with Crippen LogP contribution in [0, 0.1) is 0 Å². The number of hydrogen-bond acceptors (Lipinski definition) is 5. The summed E-state index contributed by atoms with van der Waals surface area (Å²) in [6.07, 6.45) is 0. The highest BCUT2D eigenvalue weighted by Crippen LogP contribution is 2.28. The second kappa shape index (κ2) is 6.04. The van der Waals surface area contributed by atoms with E-state index in [0.717, 1.165) is 4.31 Å². The van der Waals surface area contributed by atoms with Crippen molar-refractivity contribution < 1.29 is 23.1 Å². The molecule has 1 fully saturated rings. The molecule has 1 aromatic carbocycles. The maximum absolute atomic E-state index is 12.4. The number of carbonyl (C=O) groups is 2. The van der Waals surface area contributed by atoms with Gasteiger partial charge in [0, 0.05) is 18.4 Å². The molecule has 114 valence electrons. The number of amides is 1. The molecule has 1 heterocycles. The second-order valence-corrected chi connectivity index (χ2v) is 7.24. The van der Waals surface area contributed by atoms with Crippen molar-refractivity contribution in [2.45, 2.75) is 10.9 Å². The van der Waals surface area contributed by atoms with Gasteiger partial charge < -0.3 is 10.4 Å². The Morgan fingerprint density at radius 2 is 1.95 bits per heavy atom. The van der Waals surface area contributed by atoms with Gasteiger partial charge in [-0.25, -0.2) is 8.42 Å². The Bertz CT molecular complexity index is 657. The molecule has 2 N–H and O–H groups in total. The number of nitrogens with one attached hydrogen (secondary N) is 1. The van der Waals surface area contributed by atoms with Gasteiger partial charge in [0.05, 0.1) is 10.8 Å². The van der Waals surface area contributed by atoms with Gasteiger partial charge in [-0.3, -0.25) is 9.59 Å². The molecular formula is C12H14N2O5S2. The molecular weight excluding hydrogens is 316 g/mol. The van der Waals surface area contributed by atoms with Gasteiger partial charge in [-0.2, -0.15) is 4.31 Å². The Morgan fingerprint density at radius 1 is 1.33 bits per heavy atom. The van der Waals surface area contributed by atoms with E-state index in [2.05, 4.69) is 5.32 Å². The van der Waals surface area contributed by atoms with Gasteiger partial charge in [-0.05, 0) is 24.3 Å². The quantitative estimate of drug-likeness (QED) is 0.817. The van der Waals surface area contributed by atoms with E-state index in [1.54, 1.807) is 0 Å². The SMILES string of the molecule is CNC(=O)c1ccc(S(=O)(=O)N2CSC[C@H]2C(=O)O)cc1. The highest BCUT2D eigenvalue weighted by Gasteiger charge is 2.40. The molecule has 0 spiro atoms. The molecule has 0 unspecified atom stereocenters. The highest BCUT2D eigenvalue weighted by atomic mass is 32.2. The first-order chi connectivity index (χ1) is 9.87. The Morgan fingerprint density at radius 3 is 2.48 bits per heavy atom. The van der Waals surface area contributed by atoms with Gasteiger partial charge in [0.2, 0.25) is 10.0 Å². The smallest absolute Gasteiger partial charge is 0.322 e. The minimum Gasteiger partial charge on any atom is -0.480 e. The molecule has 0 aliphatic carbocycles. The fourth-order valence-corrected chi connectivity index (χ4v) is 5.05. The Hall–Kier alpha value is -1.58. The molecule has 1 aliphatic rings. The molecule has 21 heavy (non-hydrogen) atoms. The second-order valence-electron chi connectivity index (χ2n) is 4.35. The van der Waals surface area contributed by atoms with Crippen LogP contribution in [-0.4, -0.2) is 54.4 Å². The molecule has 0 aromatic heterocycles. The number of aliphatic carboxylic acids is 1. The monoisotopic (exact) mass is 330 g/mol. The molecule has 1 aromatic rings. The lowest BCUT2D eigenvalue weighted by atomic mass is 10.2. The average molecular weight is 330 g/mol. The standard InChI is InChI=1S/C12H14N2O5S2/c1-13-11(15)8-2-4-9(5-3-8)21(18,19)14-7-20-6-10(14)12(16)17/h2-5,10H,6-7H2,1H3,(H,13,15)(H,16,17)/t10-/m0/s1. The predicted molar refractivity (Wildman–Crippen MR) is 77.6 cm³/mol. The van der Waals surface area contributed by atoms with E-state index >= 15 is 0 Å². The zero-order chi connectivity index (χ0) is 15.6. The van der Waals surface area contributed by atoms with Gasteiger partial charge in [-0.15, -0.1) is 11.8 Å². The van der Waals surface area contributed by atoms with Crippen molar-refractivity contribution >= 4 is 33.7 Å². The number of carboxylic acids is 1. The minimum absolute atomic E-state index is 0.0242. The Balaban J connectivity index is 2.31. The van der Waals surface area contributed by atoms with Crippen LogP contribution >= 0.6 is 11.8 Å². The number of thioether (sulfide) groups is 1. The van der Waals surface area contributed by atoms with Gasteiger partial charge in [0.25, 0.3) is 5.91 Å². The van der Waals surface area contributed by atoms with E-state index in [4.69, 9.17) is 5.11 Å². The van der Waals surface area contributed by atoms with Gasteiger partial charge >= 0.3 is 5.97 Å². The first-order valence-electron chi connectivity index (χ1n) is 6.02. The molecule has 7 nitrogen and oxygen atoms in total. The van der Waals surface area contributed by atoms with Gasteiger partial charge in [0.15, 0.2) is 0 Å². The summed E-state index contributed by atoms with van der Waals surface area (Å²) < 4.78 is 25.9. The summed E-state index contributed by atoms with van der Waals surface area (Å²) in [5.41, 5.74) is 0.335. The Kier molecular flexibility index (Phi) is 4.55. The molecule has 0 bridgehead atoms. The molecule has 0 radical (unpaired) electrons. The van der Waals surface area contributed by atoms with E-state index in [1.165, 1.54) is 43.1 Å². The number of benzene rings is 1. The lowest BCUT2D eigenvalue weighted by molar-refractivity contribution is -0.140. The van der Waals surface area contributed by atoms with Crippen LogP contribution in [0.4, 0.5) is 0 Å². The van der Waals surface area contributed by atoms with Gasteiger partial charge in [0.1, 0.15) is 6.04 Å². The molecule has 1 atom stereocenters. The summed E-state index contributed by atoms with van der Waals surface area (Å²) in [5, 5.41) is 11.5. The molecule has 0 saturated carbocycles. The number of carbonyl (C=O) groups excluding carboxylic acids is 1. The third kappa shape index (κ3) is 3.04. The maximum atomic E-state index is 12.4. The van der Waals surface area contributed by atoms with Crippen molar-refractivity contribution in [2.75, 3.05) is 18.7 Å². The number of rotatable bonds is 4. The van der Waals surface area contributed by atoms with Crippen molar-refractivity contribution in [1.29, 1.82) is 0 Å². The first kappa shape index (κ1) is 15.8. The molecule has 9 heteroatoms. The van der Waals surface area contributed by atoms with Crippen molar-refractivity contribution in [2.24, 2.45) is 0 Å². The van der Waals surface area contributed by atoms with E-state index in [1.807, 2.05) is 0 Å². The van der Waals surface area contributed by atoms with Crippen LogP contribution in [0.1, 0.15) is 10.4 Å². The minimum atomic E-state index is -3.88. The number of sulfonamides is 1. The summed E-state index contributed by atoms with van der Waals surface area (Å²) in [6, 6.07) is 4.34. The summed E-state index contributed by atoms with van der Waals surface area (Å²) in [6.45, 7) is 0. The third-order valence-electron chi connectivity index (χ3n) is 3.08. The van der Waals surface area contributed by atoms with Crippen molar-refractivity contribution in [3.63, 3.8) is 0 Å². The zero-order valence-corrected chi connectivity index (χ0v) is 12.8. The van der Waals surface area contributed by atoms with Crippen LogP contribution in [0.2, 0.25) is 0 Å². The summed E-state index contributed by atoms with van der Waals surface area (Å²) in [4.78, 5) is 22.5. The lowest BCUT2D eigenvalue weighted by Crippen LogP contribution is -2.41. The fraction of sp³-hybridized carbons (Fsp3) is 0.333. The van der Waals surface area contributed by atoms with Crippen molar-refractivity contribution in [1.82, 2.24) is 9.62 Å². The maximum Gasteiger partial charge on any atom is 0.322 e. The highest BCUT2D eigenvalue weighted by molar-refractivity contribution is 8.00. The van der Waals surface area contributed by atoms with Crippen LogP contribution in [0.3, 0.4) is 0 Å². The van der Waals surface area contributed by atoms with E-state index in [-0.39, 0.29) is 22.4 Å². The van der Waals surface area contributed by atoms with Crippen LogP contribution in [0.15, 0.2) is 29.2 Å². The van der Waals surface area contributed by atoms with E-state index in [9.17, 15) is 18.0 Å². The van der Waals surface area contributed by atoms with Crippen molar-refractivity contribution in [3.8, 4) is 0 Å². The molecule has 1 saturated heterocycles. The van der Waals surface area contributed by atoms with Crippen LogP contribution < -0.4 is 5.32 Å². The summed E-state index contributed by atoms with van der Waals surface area (Å²) in [5.74, 6) is -1.15. The van der Waals surface area contributed by atoms with Gasteiger partial charge in [-0.1, -0.05) is 0 Å². The Labute approximate surface area is 126 Å². The van der Waals surface area contributed by atoms with E-state index in [0.29, 0.717) is 5.56 Å². The van der Waals surface area contributed by atoms with Crippen molar-refractivity contribution in [3.05, 3.63) is 29.8 Å². The fourth-order valence-electron chi connectivity index (χ4n) is 1.92. The largest absolute Gasteiger partial charge is 0.480 e. The van der Waals surface area contributed by atoms with E-state index < -0.39 is 22.0 Å². The average Bonchev–Trinajstić information content (AvgIpc) is 2.97. The van der Waals surface area contributed by atoms with Crippen LogP contribution in [0.5, 0.6) is 0 Å². The number of nitrogens with zero attached hydrogens (tertiary/aromatic N) is 1. The molecule has 1 amide bonds. The lowest BCUT2D eigenvalue weighted by Gasteiger charge is -2.20. The molecule has 2 rings (SSSR count). The predicted octanol–water partition coefficient (Wildman–Crippen LogP) is 0.194. The third-order valence-corrected chi connectivity index (χ3v) is 6.12. The summed E-state index contributed by atoms with van der Waals surface area (Å²) >= 11 is 1.25. The zero-order valence-electron chi connectivity index (χ0n) is 11.1. The number of carboxylic acid groups (broad SMARTS) is 1. The normalized spacial score (nSPS) is 19.4. The van der Waals surface area contributed by atoms with Crippen LogP contribution in [0.25, 0.3) is 0 Å². The summed E-state index contributed by atoms with van der Waals surface area (Å²) in [7, 11) is -2.40.